The molecular formula is C16H18N2O3. The Kier molecular flexibility index (Phi) is 3.64. The number of nitrogens with zero attached hydrogens (tertiary/aromatic N) is 1. The molecule has 2 heterocycles. The van der Waals surface area contributed by atoms with Gasteiger partial charge in [0, 0.05) is 24.0 Å². The van der Waals surface area contributed by atoms with Crippen LogP contribution in [0.15, 0.2) is 34.9 Å². The van der Waals surface area contributed by atoms with Crippen molar-refractivity contribution in [2.24, 2.45) is 0 Å². The van der Waals surface area contributed by atoms with Crippen LogP contribution in [0.25, 0.3) is 0 Å². The standard InChI is InChI=1S/C16H18N2O3/c1-10(2)15-9-13(18-21-15)16(19)17-12-7-8-20-14-6-4-3-5-11(12)14/h3-6,9-10,12H,7-8H2,1-2H3,(H,17,19)/t12-/m1/s1. The molecule has 1 aromatic carbocycles. The van der Waals surface area contributed by atoms with E-state index >= 15 is 0 Å². The number of nitrogens with one attached hydrogen (secondary N) is 1. The average molecular weight is 286 g/mol. The van der Waals surface area contributed by atoms with Gasteiger partial charge in [-0.05, 0) is 6.07 Å². The van der Waals surface area contributed by atoms with Gasteiger partial charge < -0.3 is 14.6 Å². The van der Waals surface area contributed by atoms with Gasteiger partial charge in [0.2, 0.25) is 0 Å². The molecule has 0 unspecified atom stereocenters. The zero-order chi connectivity index (χ0) is 14.8. The van der Waals surface area contributed by atoms with Crippen LogP contribution in [-0.2, 0) is 0 Å². The van der Waals surface area contributed by atoms with Gasteiger partial charge >= 0.3 is 0 Å². The molecule has 0 saturated heterocycles. The molecule has 5 heteroatoms. The molecule has 1 aliphatic rings. The number of rotatable bonds is 3. The number of fused-ring (bicyclic) bond motifs is 1. The minimum Gasteiger partial charge on any atom is -0.493 e. The number of benzene rings is 1. The molecule has 1 N–H and O–H groups in total. The predicted octanol–water partition coefficient (Wildman–Crippen LogP) is 3.05. The van der Waals surface area contributed by atoms with Crippen molar-refractivity contribution in [1.82, 2.24) is 10.5 Å². The Balaban J connectivity index is 1.76. The fourth-order valence-corrected chi connectivity index (χ4v) is 2.39. The number of para-hydroxylation sites is 1. The van der Waals surface area contributed by atoms with Crippen LogP contribution in [0.1, 0.15) is 54.0 Å². The summed E-state index contributed by atoms with van der Waals surface area (Å²) in [6, 6.07) is 9.41. The summed E-state index contributed by atoms with van der Waals surface area (Å²) in [5.74, 6) is 1.54. The highest BCUT2D eigenvalue weighted by atomic mass is 16.5. The number of amides is 1. The van der Waals surface area contributed by atoms with E-state index in [9.17, 15) is 4.79 Å². The monoisotopic (exact) mass is 286 g/mol. The van der Waals surface area contributed by atoms with Gasteiger partial charge in [0.25, 0.3) is 5.91 Å². The van der Waals surface area contributed by atoms with E-state index in [0.29, 0.717) is 18.1 Å². The van der Waals surface area contributed by atoms with Crippen molar-refractivity contribution >= 4 is 5.91 Å². The van der Waals surface area contributed by atoms with E-state index in [1.807, 2.05) is 38.1 Å². The molecule has 0 spiro atoms. The summed E-state index contributed by atoms with van der Waals surface area (Å²) in [5.41, 5.74) is 1.33. The smallest absolute Gasteiger partial charge is 0.273 e. The zero-order valence-corrected chi connectivity index (χ0v) is 12.1. The van der Waals surface area contributed by atoms with Crippen LogP contribution in [0.4, 0.5) is 0 Å². The summed E-state index contributed by atoms with van der Waals surface area (Å²) in [5, 5.41) is 6.84. The molecule has 5 nitrogen and oxygen atoms in total. The van der Waals surface area contributed by atoms with E-state index < -0.39 is 0 Å². The van der Waals surface area contributed by atoms with Crippen LogP contribution < -0.4 is 10.1 Å². The predicted molar refractivity (Wildman–Crippen MR) is 77.4 cm³/mol. The SMILES string of the molecule is CC(C)c1cc(C(=O)N[C@@H]2CCOc3ccccc32)no1. The first-order chi connectivity index (χ1) is 10.1. The molecule has 1 amide bonds. The number of carbonyl (C=O) groups is 1. The second-order valence-corrected chi connectivity index (χ2v) is 5.47. The lowest BCUT2D eigenvalue weighted by Gasteiger charge is -2.26. The number of carbonyl (C=O) groups excluding carboxylic acids is 1. The lowest BCUT2D eigenvalue weighted by atomic mass is 10.0. The molecule has 0 saturated carbocycles. The molecule has 1 atom stereocenters. The average Bonchev–Trinajstić information content (AvgIpc) is 2.98. The molecule has 0 bridgehead atoms. The minimum absolute atomic E-state index is 0.0540. The van der Waals surface area contributed by atoms with Crippen LogP contribution in [0.2, 0.25) is 0 Å². The van der Waals surface area contributed by atoms with Crippen LogP contribution in [0.3, 0.4) is 0 Å². The maximum atomic E-state index is 12.3. The molecule has 110 valence electrons. The topological polar surface area (TPSA) is 64.4 Å². The van der Waals surface area contributed by atoms with E-state index in [1.165, 1.54) is 0 Å². The molecule has 0 radical (unpaired) electrons. The van der Waals surface area contributed by atoms with E-state index in [1.54, 1.807) is 6.07 Å². The Morgan fingerprint density at radius 3 is 2.95 bits per heavy atom. The maximum absolute atomic E-state index is 12.3. The van der Waals surface area contributed by atoms with Gasteiger partial charge in [-0.25, -0.2) is 0 Å². The lowest BCUT2D eigenvalue weighted by molar-refractivity contribution is 0.0915. The first-order valence-corrected chi connectivity index (χ1v) is 7.14. The van der Waals surface area contributed by atoms with Gasteiger partial charge in [-0.2, -0.15) is 0 Å². The normalized spacial score (nSPS) is 17.2. The van der Waals surface area contributed by atoms with Gasteiger partial charge in [-0.3, -0.25) is 4.79 Å². The van der Waals surface area contributed by atoms with Gasteiger partial charge in [-0.15, -0.1) is 0 Å². The molecule has 1 aliphatic heterocycles. The second-order valence-electron chi connectivity index (χ2n) is 5.47. The van der Waals surface area contributed by atoms with Gasteiger partial charge in [0.1, 0.15) is 11.5 Å². The number of hydrogen-bond acceptors (Lipinski definition) is 4. The van der Waals surface area contributed by atoms with Crippen LogP contribution in [0.5, 0.6) is 5.75 Å². The van der Waals surface area contributed by atoms with Crippen LogP contribution in [0, 0.1) is 0 Å². The number of ether oxygens (including phenoxy) is 1. The van der Waals surface area contributed by atoms with Crippen molar-refractivity contribution in [3.05, 3.63) is 47.3 Å². The highest BCUT2D eigenvalue weighted by Crippen LogP contribution is 2.31. The van der Waals surface area contributed by atoms with E-state index in [2.05, 4.69) is 10.5 Å². The van der Waals surface area contributed by atoms with Crippen LogP contribution >= 0.6 is 0 Å². The quantitative estimate of drug-likeness (QED) is 0.941. The summed E-state index contributed by atoms with van der Waals surface area (Å²) in [7, 11) is 0. The Morgan fingerprint density at radius 1 is 1.38 bits per heavy atom. The van der Waals surface area contributed by atoms with Crippen LogP contribution in [-0.4, -0.2) is 17.7 Å². The summed E-state index contributed by atoms with van der Waals surface area (Å²) in [4.78, 5) is 12.3. The third-order valence-corrected chi connectivity index (χ3v) is 3.59. The van der Waals surface area contributed by atoms with Crippen molar-refractivity contribution in [3.8, 4) is 5.75 Å². The fourth-order valence-electron chi connectivity index (χ4n) is 2.39. The van der Waals surface area contributed by atoms with E-state index in [0.717, 1.165) is 17.7 Å². The fraction of sp³-hybridized carbons (Fsp3) is 0.375. The summed E-state index contributed by atoms with van der Waals surface area (Å²) < 4.78 is 10.8. The molecule has 2 aromatic rings. The van der Waals surface area contributed by atoms with Crippen molar-refractivity contribution in [2.75, 3.05) is 6.61 Å². The van der Waals surface area contributed by atoms with E-state index in [4.69, 9.17) is 9.26 Å². The van der Waals surface area contributed by atoms with Gasteiger partial charge in [0.15, 0.2) is 5.69 Å². The number of hydrogen-bond donors (Lipinski definition) is 1. The van der Waals surface area contributed by atoms with Gasteiger partial charge in [0.05, 0.1) is 12.6 Å². The maximum Gasteiger partial charge on any atom is 0.273 e. The Hall–Kier alpha value is -2.30. The zero-order valence-electron chi connectivity index (χ0n) is 12.1. The summed E-state index contributed by atoms with van der Waals surface area (Å²) in [6.07, 6.45) is 0.748. The molecule has 21 heavy (non-hydrogen) atoms. The highest BCUT2D eigenvalue weighted by molar-refractivity contribution is 5.92. The lowest BCUT2D eigenvalue weighted by Crippen LogP contribution is -2.32. The van der Waals surface area contributed by atoms with E-state index in [-0.39, 0.29) is 17.9 Å². The van der Waals surface area contributed by atoms with Crippen molar-refractivity contribution in [3.63, 3.8) is 0 Å². The Labute approximate surface area is 123 Å². The summed E-state index contributed by atoms with van der Waals surface area (Å²) in [6.45, 7) is 4.59. The Bertz CT molecular complexity index is 648. The first kappa shape index (κ1) is 13.7. The molecule has 0 aliphatic carbocycles. The van der Waals surface area contributed by atoms with Crippen molar-refractivity contribution < 1.29 is 14.1 Å². The second kappa shape index (κ2) is 5.60. The van der Waals surface area contributed by atoms with Crippen molar-refractivity contribution in [2.45, 2.75) is 32.2 Å². The van der Waals surface area contributed by atoms with Gasteiger partial charge in [-0.1, -0.05) is 37.2 Å². The Morgan fingerprint density at radius 2 is 2.19 bits per heavy atom. The largest absolute Gasteiger partial charge is 0.493 e. The third-order valence-electron chi connectivity index (χ3n) is 3.59. The molecule has 0 fully saturated rings. The third kappa shape index (κ3) is 2.77. The van der Waals surface area contributed by atoms with Crippen molar-refractivity contribution in [1.29, 1.82) is 0 Å². The number of aromatic nitrogens is 1. The molecule has 3 rings (SSSR count). The molecule has 1 aromatic heterocycles. The molecular weight excluding hydrogens is 268 g/mol. The minimum atomic E-state index is -0.215. The highest BCUT2D eigenvalue weighted by Gasteiger charge is 2.24. The summed E-state index contributed by atoms with van der Waals surface area (Å²) >= 11 is 0. The first-order valence-electron chi connectivity index (χ1n) is 7.14.